The van der Waals surface area contributed by atoms with E-state index in [4.69, 9.17) is 0 Å². The molecule has 0 radical (unpaired) electrons. The van der Waals surface area contributed by atoms with Gasteiger partial charge in [-0.2, -0.15) is 0 Å². The topological polar surface area (TPSA) is 61.4 Å². The maximum atomic E-state index is 12.9. The molecule has 0 unspecified atom stereocenters. The lowest BCUT2D eigenvalue weighted by Gasteiger charge is -2.40. The van der Waals surface area contributed by atoms with E-state index in [0.717, 1.165) is 63.7 Å². The maximum absolute atomic E-state index is 12.9. The molecule has 3 rings (SSSR count). The second kappa shape index (κ2) is 8.18. The fourth-order valence-corrected chi connectivity index (χ4v) is 3.85. The standard InChI is InChI=1S/C19H27N3O2/c23-18-16-11-5-6-12-17(16)22(14-8-2-7-13-20-18)19(24)21-15-9-3-1-4-10-15/h1,3-4,9-10,16-17H,2,5-8,11-14H2,(H,20,23)(H,21,24)/t16-,17+/m1/s1. The molecule has 1 aromatic carbocycles. The van der Waals surface area contributed by atoms with Crippen molar-refractivity contribution in [3.63, 3.8) is 0 Å². The first-order chi connectivity index (χ1) is 11.8. The smallest absolute Gasteiger partial charge is 0.322 e. The average molecular weight is 329 g/mol. The fraction of sp³-hybridized carbons (Fsp3) is 0.579. The molecular formula is C19H27N3O2. The van der Waals surface area contributed by atoms with E-state index in [1.807, 2.05) is 35.2 Å². The monoisotopic (exact) mass is 329 g/mol. The van der Waals surface area contributed by atoms with Crippen molar-refractivity contribution in [2.45, 2.75) is 51.0 Å². The van der Waals surface area contributed by atoms with Gasteiger partial charge in [0.1, 0.15) is 0 Å². The highest BCUT2D eigenvalue weighted by Gasteiger charge is 2.37. The normalized spacial score (nSPS) is 25.3. The summed E-state index contributed by atoms with van der Waals surface area (Å²) in [5.41, 5.74) is 0.802. The Bertz CT molecular complexity index is 561. The molecule has 1 heterocycles. The number of benzene rings is 1. The van der Waals surface area contributed by atoms with Gasteiger partial charge in [-0.1, -0.05) is 31.0 Å². The quantitative estimate of drug-likeness (QED) is 0.830. The van der Waals surface area contributed by atoms with Gasteiger partial charge in [0.2, 0.25) is 5.91 Å². The molecular weight excluding hydrogens is 302 g/mol. The molecule has 0 spiro atoms. The van der Waals surface area contributed by atoms with Gasteiger partial charge in [-0.05, 0) is 44.2 Å². The molecule has 1 aliphatic heterocycles. The van der Waals surface area contributed by atoms with Gasteiger partial charge in [0, 0.05) is 24.8 Å². The number of hydrogen-bond donors (Lipinski definition) is 2. The summed E-state index contributed by atoms with van der Waals surface area (Å²) in [6.45, 7) is 1.49. The van der Waals surface area contributed by atoms with Crippen molar-refractivity contribution in [2.75, 3.05) is 18.4 Å². The highest BCUT2D eigenvalue weighted by Crippen LogP contribution is 2.30. The van der Waals surface area contributed by atoms with Crippen LogP contribution < -0.4 is 10.6 Å². The maximum Gasteiger partial charge on any atom is 0.322 e. The van der Waals surface area contributed by atoms with Crippen molar-refractivity contribution in [1.82, 2.24) is 10.2 Å². The van der Waals surface area contributed by atoms with E-state index in [9.17, 15) is 9.59 Å². The van der Waals surface area contributed by atoms with Crippen LogP contribution in [0.3, 0.4) is 0 Å². The van der Waals surface area contributed by atoms with Gasteiger partial charge >= 0.3 is 6.03 Å². The largest absolute Gasteiger partial charge is 0.356 e. The van der Waals surface area contributed by atoms with Crippen molar-refractivity contribution in [2.24, 2.45) is 5.92 Å². The van der Waals surface area contributed by atoms with Crippen LogP contribution in [0.15, 0.2) is 30.3 Å². The number of urea groups is 1. The summed E-state index contributed by atoms with van der Waals surface area (Å²) in [6.07, 6.45) is 6.96. The molecule has 0 bridgehead atoms. The van der Waals surface area contributed by atoms with Crippen LogP contribution in [0.5, 0.6) is 0 Å². The molecule has 1 saturated carbocycles. The lowest BCUT2D eigenvalue weighted by Crippen LogP contribution is -2.52. The van der Waals surface area contributed by atoms with Crippen LogP contribution in [0.4, 0.5) is 10.5 Å². The van der Waals surface area contributed by atoms with E-state index in [1.54, 1.807) is 0 Å². The van der Waals surface area contributed by atoms with Crippen LogP contribution in [0.2, 0.25) is 0 Å². The van der Waals surface area contributed by atoms with Gasteiger partial charge in [0.15, 0.2) is 0 Å². The number of para-hydroxylation sites is 1. The molecule has 1 saturated heterocycles. The fourth-order valence-electron chi connectivity index (χ4n) is 3.85. The molecule has 1 aromatic rings. The number of nitrogens with zero attached hydrogens (tertiary/aromatic N) is 1. The van der Waals surface area contributed by atoms with E-state index in [-0.39, 0.29) is 23.9 Å². The predicted molar refractivity (Wildman–Crippen MR) is 94.8 cm³/mol. The molecule has 5 nitrogen and oxygen atoms in total. The Morgan fingerprint density at radius 2 is 1.83 bits per heavy atom. The van der Waals surface area contributed by atoms with Crippen molar-refractivity contribution in [1.29, 1.82) is 0 Å². The minimum Gasteiger partial charge on any atom is -0.356 e. The molecule has 2 fully saturated rings. The molecule has 1 aliphatic carbocycles. The molecule has 130 valence electrons. The average Bonchev–Trinajstić information content (AvgIpc) is 2.61. The molecule has 5 heteroatoms. The first kappa shape index (κ1) is 16.8. The molecule has 2 aliphatic rings. The van der Waals surface area contributed by atoms with Crippen molar-refractivity contribution in [3.05, 3.63) is 30.3 Å². The summed E-state index contributed by atoms with van der Waals surface area (Å²) in [6, 6.07) is 9.48. The van der Waals surface area contributed by atoms with Gasteiger partial charge in [-0.15, -0.1) is 0 Å². The number of amides is 3. The molecule has 0 aromatic heterocycles. The van der Waals surface area contributed by atoms with Gasteiger partial charge in [0.05, 0.1) is 5.92 Å². The Morgan fingerprint density at radius 1 is 1.04 bits per heavy atom. The van der Waals surface area contributed by atoms with E-state index >= 15 is 0 Å². The first-order valence-corrected chi connectivity index (χ1v) is 9.16. The minimum absolute atomic E-state index is 0.0144. The summed E-state index contributed by atoms with van der Waals surface area (Å²) in [7, 11) is 0. The Kier molecular flexibility index (Phi) is 5.72. The van der Waals surface area contributed by atoms with Gasteiger partial charge in [-0.3, -0.25) is 4.79 Å². The lowest BCUT2D eigenvalue weighted by atomic mass is 9.82. The number of rotatable bonds is 1. The third-order valence-corrected chi connectivity index (χ3v) is 5.13. The zero-order chi connectivity index (χ0) is 16.8. The summed E-state index contributed by atoms with van der Waals surface area (Å²) in [5, 5.41) is 6.06. The summed E-state index contributed by atoms with van der Waals surface area (Å²) >= 11 is 0. The summed E-state index contributed by atoms with van der Waals surface area (Å²) in [5.74, 6) is 0.0532. The number of carbonyl (C=O) groups is 2. The van der Waals surface area contributed by atoms with Crippen molar-refractivity contribution < 1.29 is 9.59 Å². The third kappa shape index (κ3) is 4.08. The summed E-state index contributed by atoms with van der Waals surface area (Å²) in [4.78, 5) is 27.3. The van der Waals surface area contributed by atoms with E-state index in [2.05, 4.69) is 10.6 Å². The second-order valence-corrected chi connectivity index (χ2v) is 6.80. The molecule has 24 heavy (non-hydrogen) atoms. The molecule has 2 N–H and O–H groups in total. The third-order valence-electron chi connectivity index (χ3n) is 5.13. The van der Waals surface area contributed by atoms with Crippen LogP contribution >= 0.6 is 0 Å². The Hall–Kier alpha value is -2.04. The van der Waals surface area contributed by atoms with Crippen LogP contribution in [0.25, 0.3) is 0 Å². The zero-order valence-corrected chi connectivity index (χ0v) is 14.2. The Balaban J connectivity index is 1.78. The molecule has 2 atom stereocenters. The summed E-state index contributed by atoms with van der Waals surface area (Å²) < 4.78 is 0. The van der Waals surface area contributed by atoms with Crippen LogP contribution in [-0.2, 0) is 4.79 Å². The van der Waals surface area contributed by atoms with E-state index in [1.165, 1.54) is 0 Å². The van der Waals surface area contributed by atoms with Crippen molar-refractivity contribution >= 4 is 17.6 Å². The number of anilines is 1. The number of nitrogens with one attached hydrogen (secondary N) is 2. The Labute approximate surface area is 143 Å². The highest BCUT2D eigenvalue weighted by molar-refractivity contribution is 5.90. The second-order valence-electron chi connectivity index (χ2n) is 6.80. The van der Waals surface area contributed by atoms with Crippen LogP contribution in [0.1, 0.15) is 44.9 Å². The minimum atomic E-state index is -0.0773. The van der Waals surface area contributed by atoms with Gasteiger partial charge in [0.25, 0.3) is 0 Å². The van der Waals surface area contributed by atoms with Gasteiger partial charge < -0.3 is 15.5 Å². The Morgan fingerprint density at radius 3 is 2.67 bits per heavy atom. The number of hydrogen-bond acceptors (Lipinski definition) is 2. The molecule has 3 amide bonds. The zero-order valence-electron chi connectivity index (χ0n) is 14.2. The lowest BCUT2D eigenvalue weighted by molar-refractivity contribution is -0.128. The number of carbonyl (C=O) groups excluding carboxylic acids is 2. The van der Waals surface area contributed by atoms with Crippen LogP contribution in [0, 0.1) is 5.92 Å². The van der Waals surface area contributed by atoms with Crippen LogP contribution in [-0.4, -0.2) is 36.0 Å². The number of fused-ring (bicyclic) bond motifs is 1. The predicted octanol–water partition coefficient (Wildman–Crippen LogP) is 3.38. The van der Waals surface area contributed by atoms with Crippen molar-refractivity contribution in [3.8, 4) is 0 Å². The van der Waals surface area contributed by atoms with Gasteiger partial charge in [-0.25, -0.2) is 4.79 Å². The van der Waals surface area contributed by atoms with E-state index < -0.39 is 0 Å². The van der Waals surface area contributed by atoms with E-state index in [0.29, 0.717) is 0 Å². The first-order valence-electron chi connectivity index (χ1n) is 9.16. The highest BCUT2D eigenvalue weighted by atomic mass is 16.2. The SMILES string of the molecule is O=C1NCCCCCN(C(=O)Nc2ccccc2)[C@H]2CCCC[C@@H]12.